The molecule has 4 aromatic heterocycles. The number of para-hydroxylation sites is 5. The van der Waals surface area contributed by atoms with Gasteiger partial charge in [0.2, 0.25) is 0 Å². The molecule has 0 atom stereocenters. The van der Waals surface area contributed by atoms with Crippen LogP contribution in [0.1, 0.15) is 0 Å². The monoisotopic (exact) mass is 702 g/mol. The van der Waals surface area contributed by atoms with Crippen molar-refractivity contribution >= 4 is 76.5 Å². The van der Waals surface area contributed by atoms with Crippen LogP contribution in [0.4, 0.5) is 0 Å². The maximum atomic E-state index is 6.90. The Kier molecular flexibility index (Phi) is 6.27. The smallest absolute Gasteiger partial charge is 0.160 e. The van der Waals surface area contributed by atoms with E-state index in [0.29, 0.717) is 5.82 Å². The van der Waals surface area contributed by atoms with E-state index < -0.39 is 0 Å². The molecule has 55 heavy (non-hydrogen) atoms. The van der Waals surface area contributed by atoms with Crippen molar-refractivity contribution in [3.05, 3.63) is 182 Å². The molecule has 5 nitrogen and oxygen atoms in total. The van der Waals surface area contributed by atoms with Crippen LogP contribution in [-0.2, 0) is 0 Å². The fourth-order valence-corrected chi connectivity index (χ4v) is 8.78. The Bertz CT molecular complexity index is 3470. The van der Waals surface area contributed by atoms with Crippen LogP contribution in [0.3, 0.4) is 0 Å². The Balaban J connectivity index is 1.20. The molecule has 0 N–H and O–H groups in total. The first-order chi connectivity index (χ1) is 27.3. The molecule has 0 spiro atoms. The summed E-state index contributed by atoms with van der Waals surface area (Å²) >= 11 is 0. The molecular formula is C50H30N4O. The molecule has 0 radical (unpaired) electrons. The molecule has 12 aromatic rings. The Hall–Kier alpha value is -7.50. The van der Waals surface area contributed by atoms with Gasteiger partial charge in [0.1, 0.15) is 11.2 Å². The van der Waals surface area contributed by atoms with Gasteiger partial charge in [-0.1, -0.05) is 121 Å². The van der Waals surface area contributed by atoms with E-state index in [0.717, 1.165) is 93.9 Å². The second kappa shape index (κ2) is 11.5. The fourth-order valence-electron chi connectivity index (χ4n) is 8.78. The topological polar surface area (TPSA) is 48.8 Å². The summed E-state index contributed by atoms with van der Waals surface area (Å²) in [4.78, 5) is 10.2. The van der Waals surface area contributed by atoms with Gasteiger partial charge in [0.15, 0.2) is 5.82 Å². The van der Waals surface area contributed by atoms with Crippen LogP contribution in [0.15, 0.2) is 186 Å². The molecule has 0 aliphatic rings. The standard InChI is InChI=1S/C50H30N4O/c1-3-15-31(16-4-1)46-35-19-7-11-23-39(35)51-50(52-46)32-27-29-34(30-28-32)54-40-24-12-8-20-36(40)43-44-38-22-10-14-26-42(38)55-49(44)45-37-21-9-13-25-41(37)53(48(45)47(43)54)33-17-5-2-6-18-33/h1-30H. The maximum Gasteiger partial charge on any atom is 0.160 e. The zero-order valence-electron chi connectivity index (χ0n) is 29.5. The number of rotatable bonds is 4. The Morgan fingerprint density at radius 3 is 1.65 bits per heavy atom. The fraction of sp³-hybridized carbons (Fsp3) is 0. The van der Waals surface area contributed by atoms with Crippen LogP contribution in [0.5, 0.6) is 0 Å². The number of nitrogens with zero attached hydrogens (tertiary/aromatic N) is 4. The van der Waals surface area contributed by atoms with Gasteiger partial charge in [0, 0.05) is 54.8 Å². The molecule has 0 saturated heterocycles. The van der Waals surface area contributed by atoms with E-state index in [-0.39, 0.29) is 0 Å². The molecule has 0 aliphatic carbocycles. The van der Waals surface area contributed by atoms with E-state index in [4.69, 9.17) is 14.4 Å². The van der Waals surface area contributed by atoms with Crippen molar-refractivity contribution in [3.8, 4) is 34.0 Å². The normalized spacial score (nSPS) is 12.0. The van der Waals surface area contributed by atoms with Gasteiger partial charge in [-0.3, -0.25) is 0 Å². The maximum absolute atomic E-state index is 6.90. The van der Waals surface area contributed by atoms with Gasteiger partial charge < -0.3 is 13.6 Å². The predicted octanol–water partition coefficient (Wildman–Crippen LogP) is 13.1. The van der Waals surface area contributed by atoms with E-state index in [1.165, 1.54) is 10.8 Å². The second-order valence-electron chi connectivity index (χ2n) is 14.1. The van der Waals surface area contributed by atoms with Crippen molar-refractivity contribution in [2.75, 3.05) is 0 Å². The third-order valence-electron chi connectivity index (χ3n) is 11.1. The molecule has 0 amide bonds. The molecule has 0 bridgehead atoms. The van der Waals surface area contributed by atoms with E-state index in [2.05, 4.69) is 173 Å². The third-order valence-corrected chi connectivity index (χ3v) is 11.1. The Morgan fingerprint density at radius 1 is 0.382 bits per heavy atom. The predicted molar refractivity (Wildman–Crippen MR) is 226 cm³/mol. The summed E-state index contributed by atoms with van der Waals surface area (Å²) in [6, 6.07) is 63.9. The zero-order valence-corrected chi connectivity index (χ0v) is 29.5. The van der Waals surface area contributed by atoms with E-state index in [1.807, 2.05) is 18.2 Å². The molecule has 0 unspecified atom stereocenters. The quantitative estimate of drug-likeness (QED) is 0.183. The van der Waals surface area contributed by atoms with Gasteiger partial charge in [-0.25, -0.2) is 9.97 Å². The van der Waals surface area contributed by atoms with E-state index >= 15 is 0 Å². The number of hydrogen-bond acceptors (Lipinski definition) is 3. The lowest BCUT2D eigenvalue weighted by molar-refractivity contribution is 0.673. The second-order valence-corrected chi connectivity index (χ2v) is 14.1. The highest BCUT2D eigenvalue weighted by Crippen LogP contribution is 2.49. The first kappa shape index (κ1) is 30.0. The lowest BCUT2D eigenvalue weighted by Crippen LogP contribution is -1.99. The molecule has 0 saturated carbocycles. The summed E-state index contributed by atoms with van der Waals surface area (Å²) in [5.74, 6) is 0.699. The molecule has 4 heterocycles. The first-order valence-electron chi connectivity index (χ1n) is 18.6. The average molecular weight is 703 g/mol. The highest BCUT2D eigenvalue weighted by atomic mass is 16.3. The van der Waals surface area contributed by atoms with Crippen LogP contribution in [0.25, 0.3) is 110 Å². The van der Waals surface area contributed by atoms with Crippen LogP contribution in [0, 0.1) is 0 Å². The average Bonchev–Trinajstić information content (AvgIpc) is 3.92. The van der Waals surface area contributed by atoms with Crippen molar-refractivity contribution in [2.45, 2.75) is 0 Å². The summed E-state index contributed by atoms with van der Waals surface area (Å²) in [7, 11) is 0. The van der Waals surface area contributed by atoms with Gasteiger partial charge in [0.25, 0.3) is 0 Å². The molecular weight excluding hydrogens is 673 g/mol. The van der Waals surface area contributed by atoms with Crippen LogP contribution in [-0.4, -0.2) is 19.1 Å². The minimum Gasteiger partial charge on any atom is -0.455 e. The van der Waals surface area contributed by atoms with Gasteiger partial charge in [0.05, 0.1) is 38.7 Å². The lowest BCUT2D eigenvalue weighted by atomic mass is 10.0. The summed E-state index contributed by atoms with van der Waals surface area (Å²) in [5, 5.41) is 7.91. The summed E-state index contributed by atoms with van der Waals surface area (Å²) in [6.07, 6.45) is 0. The Labute approximate surface area is 315 Å². The SMILES string of the molecule is c1ccc(-c2nc(-c3ccc(-n4c5ccccc5c5c6c7ccccc7oc6c6c7ccccc7n(-c7ccccc7)c6c54)cc3)nc3ccccc23)cc1. The van der Waals surface area contributed by atoms with Crippen molar-refractivity contribution < 1.29 is 4.42 Å². The van der Waals surface area contributed by atoms with Crippen molar-refractivity contribution in [1.29, 1.82) is 0 Å². The molecule has 0 fully saturated rings. The minimum absolute atomic E-state index is 0.699. The van der Waals surface area contributed by atoms with Gasteiger partial charge in [-0.05, 0) is 60.7 Å². The largest absolute Gasteiger partial charge is 0.455 e. The number of hydrogen-bond donors (Lipinski definition) is 0. The lowest BCUT2D eigenvalue weighted by Gasteiger charge is -2.13. The van der Waals surface area contributed by atoms with E-state index in [1.54, 1.807) is 0 Å². The van der Waals surface area contributed by atoms with Crippen molar-refractivity contribution in [1.82, 2.24) is 19.1 Å². The third kappa shape index (κ3) is 4.29. The molecule has 5 heteroatoms. The summed E-state index contributed by atoms with van der Waals surface area (Å²) in [5.41, 5.74) is 12.3. The minimum atomic E-state index is 0.699. The number of aromatic nitrogens is 4. The van der Waals surface area contributed by atoms with Crippen LogP contribution < -0.4 is 0 Å². The molecule has 8 aromatic carbocycles. The van der Waals surface area contributed by atoms with Crippen LogP contribution in [0.2, 0.25) is 0 Å². The number of benzene rings is 8. The highest BCUT2D eigenvalue weighted by molar-refractivity contribution is 6.39. The summed E-state index contributed by atoms with van der Waals surface area (Å²) in [6.45, 7) is 0. The van der Waals surface area contributed by atoms with Gasteiger partial charge in [-0.15, -0.1) is 0 Å². The van der Waals surface area contributed by atoms with Crippen molar-refractivity contribution in [2.24, 2.45) is 0 Å². The van der Waals surface area contributed by atoms with Gasteiger partial charge in [-0.2, -0.15) is 0 Å². The molecule has 256 valence electrons. The highest BCUT2D eigenvalue weighted by Gasteiger charge is 2.27. The van der Waals surface area contributed by atoms with Crippen molar-refractivity contribution in [3.63, 3.8) is 0 Å². The van der Waals surface area contributed by atoms with Gasteiger partial charge >= 0.3 is 0 Å². The first-order valence-corrected chi connectivity index (χ1v) is 18.6. The zero-order chi connectivity index (χ0) is 36.0. The molecule has 12 rings (SSSR count). The number of furan rings is 1. The summed E-state index contributed by atoms with van der Waals surface area (Å²) < 4.78 is 11.7. The van der Waals surface area contributed by atoms with E-state index in [9.17, 15) is 0 Å². The number of fused-ring (bicyclic) bond motifs is 13. The van der Waals surface area contributed by atoms with Crippen LogP contribution >= 0.6 is 0 Å². The Morgan fingerprint density at radius 2 is 0.927 bits per heavy atom. The molecule has 0 aliphatic heterocycles.